The fraction of sp³-hybridized carbons (Fsp3) is 0.167. The summed E-state index contributed by atoms with van der Waals surface area (Å²) in [6.07, 6.45) is 1.48. The fourth-order valence-corrected chi connectivity index (χ4v) is 0.853. The van der Waals surface area contributed by atoms with Crippen LogP contribution >= 0.6 is 15.9 Å². The summed E-state index contributed by atoms with van der Waals surface area (Å²) in [4.78, 5) is 3.59. The van der Waals surface area contributed by atoms with Crippen LogP contribution in [0.4, 0.5) is 4.39 Å². The zero-order valence-corrected chi connectivity index (χ0v) is 6.94. The third-order valence-electron chi connectivity index (χ3n) is 1.23. The van der Waals surface area contributed by atoms with Crippen molar-refractivity contribution in [2.45, 2.75) is 6.92 Å². The van der Waals surface area contributed by atoms with E-state index in [0.29, 0.717) is 10.0 Å². The van der Waals surface area contributed by atoms with Crippen LogP contribution in [0.3, 0.4) is 0 Å². The van der Waals surface area contributed by atoms with Gasteiger partial charge in [0.1, 0.15) is 13.7 Å². The first-order valence-corrected chi connectivity index (χ1v) is 3.48. The zero-order valence-electron chi connectivity index (χ0n) is 5.36. The van der Waals surface area contributed by atoms with Gasteiger partial charge in [0.25, 0.3) is 0 Å². The maximum atomic E-state index is 12.8. The van der Waals surface area contributed by atoms with Crippen molar-refractivity contribution >= 4 is 29.4 Å². The van der Waals surface area contributed by atoms with Crippen LogP contribution in [-0.2, 0) is 0 Å². The van der Waals surface area contributed by atoms with Gasteiger partial charge in [-0.15, -0.1) is 0 Å². The largest absolute Gasteiger partial charge is 0.269 e. The Morgan fingerprint density at radius 3 is 2.80 bits per heavy atom. The van der Waals surface area contributed by atoms with Gasteiger partial charge < -0.3 is 0 Å². The minimum atomic E-state index is -0.450. The van der Waals surface area contributed by atoms with Gasteiger partial charge in [-0.3, -0.25) is 4.98 Å². The molecule has 0 aliphatic rings. The summed E-state index contributed by atoms with van der Waals surface area (Å²) >= 11 is 3.12. The molecule has 2 radical (unpaired) electrons. The van der Waals surface area contributed by atoms with Crippen LogP contribution in [0.1, 0.15) is 5.56 Å². The van der Waals surface area contributed by atoms with E-state index in [4.69, 9.17) is 7.85 Å². The number of hydrogen-bond acceptors (Lipinski definition) is 1. The summed E-state index contributed by atoms with van der Waals surface area (Å²) in [6.45, 7) is 1.64. The Balaban J connectivity index is 3.34. The molecule has 1 aromatic rings. The highest BCUT2D eigenvalue weighted by atomic mass is 79.9. The summed E-state index contributed by atoms with van der Waals surface area (Å²) in [7, 11) is 5.18. The lowest BCUT2D eigenvalue weighted by Crippen LogP contribution is -2.14. The second-order valence-electron chi connectivity index (χ2n) is 1.93. The first-order valence-electron chi connectivity index (χ1n) is 2.69. The lowest BCUT2D eigenvalue weighted by atomic mass is 10.0. The average Bonchev–Trinajstić information content (AvgIpc) is 1.93. The minimum Gasteiger partial charge on any atom is -0.269 e. The summed E-state index contributed by atoms with van der Waals surface area (Å²) < 4.78 is 13.4. The quantitative estimate of drug-likeness (QED) is 0.571. The highest BCUT2D eigenvalue weighted by Gasteiger charge is 2.03. The van der Waals surface area contributed by atoms with Crippen molar-refractivity contribution in [1.82, 2.24) is 4.98 Å². The molecule has 1 nitrogen and oxygen atoms in total. The molecule has 10 heavy (non-hydrogen) atoms. The molecule has 0 bridgehead atoms. The van der Waals surface area contributed by atoms with E-state index >= 15 is 0 Å². The SMILES string of the molecule is [B]c1ncc(Br)c(C)c1F. The highest BCUT2D eigenvalue weighted by Crippen LogP contribution is 2.14. The lowest BCUT2D eigenvalue weighted by Gasteiger charge is -2.00. The molecule has 0 amide bonds. The Morgan fingerprint density at radius 2 is 2.30 bits per heavy atom. The van der Waals surface area contributed by atoms with Gasteiger partial charge in [-0.25, -0.2) is 4.39 Å². The van der Waals surface area contributed by atoms with Crippen molar-refractivity contribution in [2.75, 3.05) is 0 Å². The first kappa shape index (κ1) is 7.73. The van der Waals surface area contributed by atoms with Crippen LogP contribution in [0.2, 0.25) is 0 Å². The summed E-state index contributed by atoms with van der Waals surface area (Å²) in [5.74, 6) is -0.450. The third-order valence-corrected chi connectivity index (χ3v) is 2.03. The molecule has 0 aromatic carbocycles. The number of hydrogen-bond donors (Lipinski definition) is 0. The second kappa shape index (κ2) is 2.70. The van der Waals surface area contributed by atoms with E-state index in [1.807, 2.05) is 0 Å². The molecule has 0 fully saturated rings. The molecule has 0 N–H and O–H groups in total. The van der Waals surface area contributed by atoms with Crippen LogP contribution in [0.5, 0.6) is 0 Å². The van der Waals surface area contributed by atoms with Crippen molar-refractivity contribution < 1.29 is 4.39 Å². The van der Waals surface area contributed by atoms with Gasteiger partial charge >= 0.3 is 0 Å². The topological polar surface area (TPSA) is 12.9 Å². The Labute approximate surface area is 68.2 Å². The van der Waals surface area contributed by atoms with Gasteiger partial charge in [-0.1, -0.05) is 0 Å². The van der Waals surface area contributed by atoms with Gasteiger partial charge in [-0.2, -0.15) is 0 Å². The molecule has 0 saturated carbocycles. The second-order valence-corrected chi connectivity index (χ2v) is 2.78. The Bertz CT molecular complexity index is 237. The minimum absolute atomic E-state index is 0.0549. The third kappa shape index (κ3) is 1.21. The van der Waals surface area contributed by atoms with Crippen molar-refractivity contribution in [2.24, 2.45) is 0 Å². The van der Waals surface area contributed by atoms with Gasteiger partial charge in [-0.05, 0) is 22.9 Å². The molecular formula is C6H4BBrFN. The van der Waals surface area contributed by atoms with E-state index in [0.717, 1.165) is 0 Å². The molecule has 50 valence electrons. The predicted octanol–water partition coefficient (Wildman–Crippen LogP) is 1.09. The summed E-state index contributed by atoms with van der Waals surface area (Å²) in [6, 6.07) is 0. The van der Waals surface area contributed by atoms with Crippen LogP contribution < -0.4 is 5.59 Å². The molecule has 0 unspecified atom stereocenters. The van der Waals surface area contributed by atoms with Gasteiger partial charge in [0, 0.05) is 21.8 Å². The van der Waals surface area contributed by atoms with Crippen LogP contribution in [-0.4, -0.2) is 12.8 Å². The predicted molar refractivity (Wildman–Crippen MR) is 42.0 cm³/mol. The Kier molecular flexibility index (Phi) is 2.09. The molecule has 0 atom stereocenters. The van der Waals surface area contributed by atoms with Crippen molar-refractivity contribution in [3.63, 3.8) is 0 Å². The molecule has 0 spiro atoms. The molecule has 0 saturated heterocycles. The van der Waals surface area contributed by atoms with E-state index < -0.39 is 5.82 Å². The van der Waals surface area contributed by atoms with Crippen LogP contribution in [0.15, 0.2) is 10.7 Å². The number of aromatic nitrogens is 1. The normalized spacial score (nSPS) is 9.90. The maximum absolute atomic E-state index is 12.8. The summed E-state index contributed by atoms with van der Waals surface area (Å²) in [5.41, 5.74) is 0.438. The van der Waals surface area contributed by atoms with E-state index in [1.54, 1.807) is 6.92 Å². The van der Waals surface area contributed by atoms with Gasteiger partial charge in [0.05, 0.1) is 0 Å². The maximum Gasteiger partial charge on any atom is 0.145 e. The van der Waals surface area contributed by atoms with Crippen molar-refractivity contribution in [3.8, 4) is 0 Å². The Morgan fingerprint density at radius 1 is 1.70 bits per heavy atom. The number of rotatable bonds is 0. The molecule has 4 heteroatoms. The van der Waals surface area contributed by atoms with Crippen molar-refractivity contribution in [1.29, 1.82) is 0 Å². The van der Waals surface area contributed by atoms with Crippen LogP contribution in [0.25, 0.3) is 0 Å². The molecule has 1 aromatic heterocycles. The zero-order chi connectivity index (χ0) is 7.72. The monoisotopic (exact) mass is 199 g/mol. The van der Waals surface area contributed by atoms with E-state index in [-0.39, 0.29) is 5.59 Å². The standard InChI is InChI=1S/C6H4BBrFN/c1-3-4(8)2-10-6(7)5(3)9/h2H,1H3. The lowest BCUT2D eigenvalue weighted by molar-refractivity contribution is 0.621. The van der Waals surface area contributed by atoms with E-state index in [9.17, 15) is 4.39 Å². The van der Waals surface area contributed by atoms with Crippen molar-refractivity contribution in [3.05, 3.63) is 22.1 Å². The fourth-order valence-electron chi connectivity index (χ4n) is 0.577. The Hall–Kier alpha value is -0.375. The smallest absolute Gasteiger partial charge is 0.145 e. The van der Waals surface area contributed by atoms with Crippen LogP contribution in [0, 0.1) is 12.7 Å². The van der Waals surface area contributed by atoms with E-state index in [1.165, 1.54) is 6.20 Å². The summed E-state index contributed by atoms with van der Waals surface area (Å²) in [5, 5.41) is 0. The number of pyridine rings is 1. The van der Waals surface area contributed by atoms with E-state index in [2.05, 4.69) is 20.9 Å². The van der Waals surface area contributed by atoms with Gasteiger partial charge in [0.2, 0.25) is 0 Å². The van der Waals surface area contributed by atoms with Gasteiger partial charge in [0.15, 0.2) is 0 Å². The molecule has 0 aliphatic carbocycles. The molecule has 1 heterocycles. The molecule has 0 aliphatic heterocycles. The number of halogens is 2. The highest BCUT2D eigenvalue weighted by molar-refractivity contribution is 9.10. The first-order chi connectivity index (χ1) is 4.63. The average molecular weight is 200 g/mol. The molecule has 1 rings (SSSR count). The number of nitrogens with zero attached hydrogens (tertiary/aromatic N) is 1. The molecular weight excluding hydrogens is 196 g/mol.